The lowest BCUT2D eigenvalue weighted by Crippen LogP contribution is -2.38. The molecule has 6 rings (SSSR count). The molecule has 1 aliphatic heterocycles. The van der Waals surface area contributed by atoms with Crippen molar-refractivity contribution in [3.8, 4) is 11.1 Å². The second kappa shape index (κ2) is 14.0. The number of aromatic nitrogens is 3. The van der Waals surface area contributed by atoms with Crippen LogP contribution < -0.4 is 5.32 Å². The summed E-state index contributed by atoms with van der Waals surface area (Å²) in [4.78, 5) is 16.7. The van der Waals surface area contributed by atoms with Gasteiger partial charge in [0.25, 0.3) is 5.91 Å². The maximum atomic E-state index is 12.5. The van der Waals surface area contributed by atoms with Gasteiger partial charge in [-0.1, -0.05) is 104 Å². The Hall–Kier alpha value is -4.28. The highest BCUT2D eigenvalue weighted by Crippen LogP contribution is 2.43. The van der Waals surface area contributed by atoms with Crippen LogP contribution in [0.2, 0.25) is 0 Å². The van der Waals surface area contributed by atoms with Crippen LogP contribution in [0, 0.1) is 5.92 Å². The Kier molecular flexibility index (Phi) is 9.48. The van der Waals surface area contributed by atoms with Crippen molar-refractivity contribution in [2.75, 3.05) is 5.75 Å². The van der Waals surface area contributed by atoms with E-state index in [1.165, 1.54) is 6.33 Å². The SMILES string of the molecule is CC1C(CSc2ncn[nH]2)OC(c2ccc(-c3cccc(CNC(=O)c4ccccc4)c3)cc2)OC1c1ccc(CO)cc1. The van der Waals surface area contributed by atoms with Crippen molar-refractivity contribution in [2.24, 2.45) is 5.92 Å². The third-order valence-corrected chi connectivity index (χ3v) is 8.80. The van der Waals surface area contributed by atoms with E-state index in [0.29, 0.717) is 17.9 Å². The Labute approximate surface area is 260 Å². The number of aliphatic hydroxyl groups excluding tert-OH is 1. The number of benzene rings is 4. The fourth-order valence-electron chi connectivity index (χ4n) is 5.30. The lowest BCUT2D eigenvalue weighted by molar-refractivity contribution is -0.268. The standard InChI is InChI=1S/C35H34N4O4S/c1-23-31(21-44-35-37-22-38-39-35)42-34(43-32(23)27-12-10-24(20-40)11-13-27)29-16-14-26(15-17-29)30-9-5-6-25(18-30)19-36-33(41)28-7-3-2-4-8-28/h2-18,22-23,31-32,34,40H,19-21H2,1H3,(H,36,41)(H,37,38,39). The van der Waals surface area contributed by atoms with E-state index in [9.17, 15) is 9.90 Å². The van der Waals surface area contributed by atoms with Gasteiger partial charge < -0.3 is 19.9 Å². The average molecular weight is 607 g/mol. The summed E-state index contributed by atoms with van der Waals surface area (Å²) in [6.45, 7) is 2.58. The highest BCUT2D eigenvalue weighted by Gasteiger charge is 2.38. The van der Waals surface area contributed by atoms with Crippen LogP contribution in [0.4, 0.5) is 0 Å². The summed E-state index contributed by atoms with van der Waals surface area (Å²) in [6, 6.07) is 33.6. The largest absolute Gasteiger partial charge is 0.392 e. The smallest absolute Gasteiger partial charge is 0.251 e. The van der Waals surface area contributed by atoms with E-state index in [1.807, 2.05) is 66.7 Å². The van der Waals surface area contributed by atoms with Crippen molar-refractivity contribution in [1.82, 2.24) is 20.5 Å². The first-order chi connectivity index (χ1) is 21.6. The molecule has 224 valence electrons. The first-order valence-electron chi connectivity index (χ1n) is 14.6. The number of carbonyl (C=O) groups excluding carboxylic acids is 1. The van der Waals surface area contributed by atoms with Gasteiger partial charge in [0.2, 0.25) is 0 Å². The third-order valence-electron chi connectivity index (χ3n) is 7.83. The molecule has 9 heteroatoms. The Bertz CT molecular complexity index is 1650. The zero-order valence-corrected chi connectivity index (χ0v) is 25.1. The first-order valence-corrected chi connectivity index (χ1v) is 15.6. The summed E-state index contributed by atoms with van der Waals surface area (Å²) < 4.78 is 13.1. The van der Waals surface area contributed by atoms with Gasteiger partial charge in [-0.05, 0) is 46.0 Å². The summed E-state index contributed by atoms with van der Waals surface area (Å²) in [5.74, 6) is 0.668. The minimum atomic E-state index is -0.553. The molecule has 1 aliphatic rings. The van der Waals surface area contributed by atoms with Crippen LogP contribution in [0.5, 0.6) is 0 Å². The average Bonchev–Trinajstić information content (AvgIpc) is 3.61. The third kappa shape index (κ3) is 7.09. The summed E-state index contributed by atoms with van der Waals surface area (Å²) in [7, 11) is 0. The minimum Gasteiger partial charge on any atom is -0.392 e. The van der Waals surface area contributed by atoms with Gasteiger partial charge in [0.1, 0.15) is 6.33 Å². The summed E-state index contributed by atoms with van der Waals surface area (Å²) >= 11 is 1.57. The van der Waals surface area contributed by atoms with Gasteiger partial charge in [-0.25, -0.2) is 4.98 Å². The fourth-order valence-corrected chi connectivity index (χ4v) is 6.25. The van der Waals surface area contributed by atoms with Crippen molar-refractivity contribution in [2.45, 2.75) is 43.7 Å². The maximum absolute atomic E-state index is 12.5. The highest BCUT2D eigenvalue weighted by molar-refractivity contribution is 7.99. The number of amides is 1. The van der Waals surface area contributed by atoms with E-state index >= 15 is 0 Å². The highest BCUT2D eigenvalue weighted by atomic mass is 32.2. The number of aliphatic hydroxyl groups is 1. The van der Waals surface area contributed by atoms with Gasteiger partial charge in [-0.2, -0.15) is 5.10 Å². The number of nitrogens with one attached hydrogen (secondary N) is 2. The zero-order chi connectivity index (χ0) is 30.3. The number of rotatable bonds is 10. The molecule has 4 aromatic carbocycles. The quantitative estimate of drug-likeness (QED) is 0.156. The van der Waals surface area contributed by atoms with E-state index in [0.717, 1.165) is 38.5 Å². The molecule has 1 fully saturated rings. The monoisotopic (exact) mass is 606 g/mol. The number of carbonyl (C=O) groups is 1. The Balaban J connectivity index is 1.17. The normalized spacial score (nSPS) is 19.9. The van der Waals surface area contributed by atoms with E-state index in [1.54, 1.807) is 23.9 Å². The van der Waals surface area contributed by atoms with Crippen molar-refractivity contribution < 1.29 is 19.4 Å². The molecule has 1 saturated heterocycles. The summed E-state index contributed by atoms with van der Waals surface area (Å²) in [5.41, 5.74) is 6.62. The first kappa shape index (κ1) is 29.8. The van der Waals surface area contributed by atoms with Crippen LogP contribution >= 0.6 is 11.8 Å². The molecule has 5 aromatic rings. The lowest BCUT2D eigenvalue weighted by Gasteiger charge is -2.41. The second-order valence-corrected chi connectivity index (χ2v) is 11.8. The van der Waals surface area contributed by atoms with E-state index in [2.05, 4.69) is 51.7 Å². The molecule has 1 aromatic heterocycles. The number of H-pyrrole nitrogens is 1. The molecule has 8 nitrogen and oxygen atoms in total. The molecular formula is C35H34N4O4S. The van der Waals surface area contributed by atoms with Crippen LogP contribution in [0.15, 0.2) is 115 Å². The topological polar surface area (TPSA) is 109 Å². The molecule has 44 heavy (non-hydrogen) atoms. The van der Waals surface area contributed by atoms with Gasteiger partial charge in [-0.15, -0.1) is 0 Å². The predicted octanol–water partition coefficient (Wildman–Crippen LogP) is 6.48. The van der Waals surface area contributed by atoms with E-state index in [4.69, 9.17) is 9.47 Å². The molecule has 0 saturated carbocycles. The van der Waals surface area contributed by atoms with Gasteiger partial charge in [0.15, 0.2) is 11.4 Å². The fraction of sp³-hybridized carbons (Fsp3) is 0.229. The van der Waals surface area contributed by atoms with Crippen LogP contribution in [0.25, 0.3) is 11.1 Å². The molecule has 0 aliphatic carbocycles. The van der Waals surface area contributed by atoms with Crippen LogP contribution in [0.1, 0.15) is 51.9 Å². The Morgan fingerprint density at radius 2 is 1.66 bits per heavy atom. The number of thioether (sulfide) groups is 1. The van der Waals surface area contributed by atoms with Gasteiger partial charge >= 0.3 is 0 Å². The number of hydrogen-bond donors (Lipinski definition) is 3. The number of ether oxygens (including phenoxy) is 2. The Morgan fingerprint density at radius 3 is 2.39 bits per heavy atom. The lowest BCUT2D eigenvalue weighted by atomic mass is 9.91. The van der Waals surface area contributed by atoms with Gasteiger partial charge in [0.05, 0.1) is 18.8 Å². The van der Waals surface area contributed by atoms with Crippen molar-refractivity contribution >= 4 is 17.7 Å². The summed E-state index contributed by atoms with van der Waals surface area (Å²) in [5, 5.41) is 20.1. The maximum Gasteiger partial charge on any atom is 0.251 e. The van der Waals surface area contributed by atoms with Crippen LogP contribution in [0.3, 0.4) is 0 Å². The zero-order valence-electron chi connectivity index (χ0n) is 24.3. The molecule has 3 N–H and O–H groups in total. The number of nitrogens with zero attached hydrogens (tertiary/aromatic N) is 2. The van der Waals surface area contributed by atoms with E-state index < -0.39 is 6.29 Å². The number of hydrogen-bond acceptors (Lipinski definition) is 7. The Morgan fingerprint density at radius 1 is 0.886 bits per heavy atom. The van der Waals surface area contributed by atoms with Crippen LogP contribution in [-0.4, -0.2) is 38.1 Å². The number of aromatic amines is 1. The van der Waals surface area contributed by atoms with Crippen molar-refractivity contribution in [3.05, 3.63) is 137 Å². The molecule has 0 bridgehead atoms. The van der Waals surface area contributed by atoms with Crippen molar-refractivity contribution in [3.63, 3.8) is 0 Å². The van der Waals surface area contributed by atoms with E-state index in [-0.39, 0.29) is 30.6 Å². The van der Waals surface area contributed by atoms with Crippen molar-refractivity contribution in [1.29, 1.82) is 0 Å². The molecule has 0 radical (unpaired) electrons. The molecule has 2 heterocycles. The molecule has 1 amide bonds. The molecular weight excluding hydrogens is 572 g/mol. The second-order valence-electron chi connectivity index (χ2n) is 10.8. The van der Waals surface area contributed by atoms with Gasteiger partial charge in [-0.3, -0.25) is 9.89 Å². The molecule has 4 atom stereocenters. The molecule has 0 spiro atoms. The van der Waals surface area contributed by atoms with Crippen LogP contribution in [-0.2, 0) is 22.6 Å². The predicted molar refractivity (Wildman–Crippen MR) is 170 cm³/mol. The summed E-state index contributed by atoms with van der Waals surface area (Å²) in [6.07, 6.45) is 0.656. The minimum absolute atomic E-state index is 0.00111. The van der Waals surface area contributed by atoms with Gasteiger partial charge in [0, 0.05) is 29.3 Å². The molecule has 4 unspecified atom stereocenters.